The summed E-state index contributed by atoms with van der Waals surface area (Å²) in [6.45, 7) is 0.481. The summed E-state index contributed by atoms with van der Waals surface area (Å²) in [6, 6.07) is 10.2. The summed E-state index contributed by atoms with van der Waals surface area (Å²) in [6.07, 6.45) is 0.704. The number of fused-ring (bicyclic) bond motifs is 1. The van der Waals surface area contributed by atoms with E-state index in [1.54, 1.807) is 50.5 Å². The van der Waals surface area contributed by atoms with E-state index in [1.807, 2.05) is 12.1 Å². The Morgan fingerprint density at radius 1 is 0.966 bits per heavy atom. The van der Waals surface area contributed by atoms with Crippen LogP contribution in [0.5, 0.6) is 17.2 Å². The molecule has 0 fully saturated rings. The third-order valence-electron chi connectivity index (χ3n) is 5.19. The molecule has 0 N–H and O–H groups in total. The molecule has 0 unspecified atom stereocenters. The molecule has 1 aliphatic heterocycles. The van der Waals surface area contributed by atoms with Gasteiger partial charge in [0.1, 0.15) is 5.75 Å². The van der Waals surface area contributed by atoms with Gasteiger partial charge in [-0.25, -0.2) is 0 Å². The van der Waals surface area contributed by atoms with Gasteiger partial charge in [0.15, 0.2) is 11.5 Å². The molecule has 1 amide bonds. The van der Waals surface area contributed by atoms with Gasteiger partial charge in [0, 0.05) is 12.1 Å². The molecule has 0 aromatic heterocycles. The Kier molecular flexibility index (Phi) is 6.26. The highest BCUT2D eigenvalue weighted by atomic mass is 16.5. The molecular formula is C22H25NO6. The topological polar surface area (TPSA) is 74.3 Å². The molecular weight excluding hydrogens is 374 g/mol. The summed E-state index contributed by atoms with van der Waals surface area (Å²) < 4.78 is 20.9. The van der Waals surface area contributed by atoms with Gasteiger partial charge >= 0.3 is 5.97 Å². The number of methoxy groups -OCH3 is 4. The zero-order valence-electron chi connectivity index (χ0n) is 17.1. The minimum absolute atomic E-state index is 0.0564. The molecule has 2 aromatic rings. The molecule has 2 aromatic carbocycles. The van der Waals surface area contributed by atoms with Crippen molar-refractivity contribution in [1.82, 2.24) is 4.90 Å². The molecule has 0 saturated heterocycles. The van der Waals surface area contributed by atoms with Crippen molar-refractivity contribution in [3.63, 3.8) is 0 Å². The number of carbonyl (C=O) groups is 2. The molecule has 3 rings (SSSR count). The fraction of sp³-hybridized carbons (Fsp3) is 0.364. The minimum Gasteiger partial charge on any atom is -0.497 e. The Labute approximate surface area is 170 Å². The van der Waals surface area contributed by atoms with E-state index in [1.165, 1.54) is 7.11 Å². The summed E-state index contributed by atoms with van der Waals surface area (Å²) >= 11 is 0. The van der Waals surface area contributed by atoms with Gasteiger partial charge in [-0.15, -0.1) is 0 Å². The van der Waals surface area contributed by atoms with Gasteiger partial charge in [0.05, 0.1) is 40.9 Å². The molecule has 0 aliphatic carbocycles. The van der Waals surface area contributed by atoms with Crippen molar-refractivity contribution in [1.29, 1.82) is 0 Å². The largest absolute Gasteiger partial charge is 0.497 e. The van der Waals surface area contributed by atoms with Crippen LogP contribution in [0, 0.1) is 0 Å². The van der Waals surface area contributed by atoms with Crippen molar-refractivity contribution in [3.8, 4) is 17.2 Å². The highest BCUT2D eigenvalue weighted by Crippen LogP contribution is 2.40. The van der Waals surface area contributed by atoms with Crippen LogP contribution >= 0.6 is 0 Å². The standard InChI is InChI=1S/C22H25NO6/c1-26-16-7-5-14(6-8-16)22(25)23-10-9-15-11-19(27-2)20(28-3)12-17(15)18(23)13-21(24)29-4/h5-8,11-12,18H,9-10,13H2,1-4H3/t18-/m1/s1. The fourth-order valence-electron chi connectivity index (χ4n) is 3.63. The molecule has 7 nitrogen and oxygen atoms in total. The summed E-state index contributed by atoms with van der Waals surface area (Å²) in [5, 5.41) is 0. The van der Waals surface area contributed by atoms with Crippen LogP contribution in [0.1, 0.15) is 33.9 Å². The monoisotopic (exact) mass is 399 g/mol. The Morgan fingerprint density at radius 3 is 2.21 bits per heavy atom. The quantitative estimate of drug-likeness (QED) is 0.695. The van der Waals surface area contributed by atoms with Crippen LogP contribution in [-0.4, -0.2) is 51.8 Å². The molecule has 29 heavy (non-hydrogen) atoms. The van der Waals surface area contributed by atoms with Crippen LogP contribution in [0.15, 0.2) is 36.4 Å². The molecule has 7 heteroatoms. The first-order valence-corrected chi connectivity index (χ1v) is 9.29. The average Bonchev–Trinajstić information content (AvgIpc) is 2.77. The van der Waals surface area contributed by atoms with E-state index in [0.29, 0.717) is 35.8 Å². The summed E-state index contributed by atoms with van der Waals surface area (Å²) in [5.74, 6) is 1.32. The Bertz CT molecular complexity index is 893. The lowest BCUT2D eigenvalue weighted by molar-refractivity contribution is -0.141. The second-order valence-electron chi connectivity index (χ2n) is 6.68. The van der Waals surface area contributed by atoms with Crippen LogP contribution in [0.2, 0.25) is 0 Å². The van der Waals surface area contributed by atoms with Crippen molar-refractivity contribution in [3.05, 3.63) is 53.1 Å². The van der Waals surface area contributed by atoms with Gasteiger partial charge in [0.2, 0.25) is 0 Å². The van der Waals surface area contributed by atoms with Crippen LogP contribution in [0.3, 0.4) is 0 Å². The van der Waals surface area contributed by atoms with Gasteiger partial charge in [-0.3, -0.25) is 9.59 Å². The normalized spacial score (nSPS) is 15.3. The number of benzene rings is 2. The molecule has 0 radical (unpaired) electrons. The van der Waals surface area contributed by atoms with Gasteiger partial charge in [-0.2, -0.15) is 0 Å². The molecule has 1 heterocycles. The number of nitrogens with zero attached hydrogens (tertiary/aromatic N) is 1. The van der Waals surface area contributed by atoms with Gasteiger partial charge in [-0.05, 0) is 53.9 Å². The van der Waals surface area contributed by atoms with E-state index in [-0.39, 0.29) is 18.3 Å². The van der Waals surface area contributed by atoms with E-state index in [9.17, 15) is 9.59 Å². The number of rotatable bonds is 6. The summed E-state index contributed by atoms with van der Waals surface area (Å²) in [5.41, 5.74) is 2.42. The van der Waals surface area contributed by atoms with E-state index < -0.39 is 6.04 Å². The predicted octanol–water partition coefficient (Wildman–Crippen LogP) is 3.02. The van der Waals surface area contributed by atoms with Crippen molar-refractivity contribution >= 4 is 11.9 Å². The Morgan fingerprint density at radius 2 is 1.62 bits per heavy atom. The highest BCUT2D eigenvalue weighted by Gasteiger charge is 2.34. The number of hydrogen-bond acceptors (Lipinski definition) is 6. The minimum atomic E-state index is -0.458. The highest BCUT2D eigenvalue weighted by molar-refractivity contribution is 5.95. The van der Waals surface area contributed by atoms with E-state index in [2.05, 4.69) is 0 Å². The van der Waals surface area contributed by atoms with Crippen LogP contribution in [-0.2, 0) is 16.0 Å². The lowest BCUT2D eigenvalue weighted by Crippen LogP contribution is -2.41. The number of esters is 1. The maximum atomic E-state index is 13.2. The average molecular weight is 399 g/mol. The third-order valence-corrected chi connectivity index (χ3v) is 5.19. The number of ether oxygens (including phenoxy) is 4. The van der Waals surface area contributed by atoms with Gasteiger partial charge in [0.25, 0.3) is 5.91 Å². The molecule has 154 valence electrons. The number of amides is 1. The Hall–Kier alpha value is -3.22. The zero-order chi connectivity index (χ0) is 21.0. The third kappa shape index (κ3) is 4.13. The first-order chi connectivity index (χ1) is 14.0. The maximum Gasteiger partial charge on any atom is 0.307 e. The Balaban J connectivity index is 2.00. The molecule has 0 saturated carbocycles. The van der Waals surface area contributed by atoms with Gasteiger partial charge in [-0.1, -0.05) is 0 Å². The van der Waals surface area contributed by atoms with Gasteiger partial charge < -0.3 is 23.8 Å². The molecule has 1 atom stereocenters. The maximum absolute atomic E-state index is 13.2. The lowest BCUT2D eigenvalue weighted by Gasteiger charge is -2.37. The van der Waals surface area contributed by atoms with Crippen LogP contribution in [0.25, 0.3) is 0 Å². The summed E-state index contributed by atoms with van der Waals surface area (Å²) in [7, 11) is 6.06. The van der Waals surface area contributed by atoms with Crippen molar-refractivity contribution in [2.45, 2.75) is 18.9 Å². The molecule has 1 aliphatic rings. The van der Waals surface area contributed by atoms with Crippen molar-refractivity contribution in [2.75, 3.05) is 35.0 Å². The van der Waals surface area contributed by atoms with E-state index in [4.69, 9.17) is 18.9 Å². The van der Waals surface area contributed by atoms with E-state index >= 15 is 0 Å². The zero-order valence-corrected chi connectivity index (χ0v) is 17.1. The molecule has 0 bridgehead atoms. The smallest absolute Gasteiger partial charge is 0.307 e. The lowest BCUT2D eigenvalue weighted by atomic mass is 9.89. The van der Waals surface area contributed by atoms with Crippen molar-refractivity contribution < 1.29 is 28.5 Å². The first kappa shape index (κ1) is 20.5. The number of carbonyl (C=O) groups excluding carboxylic acids is 2. The first-order valence-electron chi connectivity index (χ1n) is 9.29. The summed E-state index contributed by atoms with van der Waals surface area (Å²) in [4.78, 5) is 27.1. The molecule has 0 spiro atoms. The second kappa shape index (κ2) is 8.86. The van der Waals surface area contributed by atoms with E-state index in [0.717, 1.165) is 11.1 Å². The number of hydrogen-bond donors (Lipinski definition) is 0. The van der Waals surface area contributed by atoms with Crippen molar-refractivity contribution in [2.24, 2.45) is 0 Å². The predicted molar refractivity (Wildman–Crippen MR) is 107 cm³/mol. The fourth-order valence-corrected chi connectivity index (χ4v) is 3.63. The van der Waals surface area contributed by atoms with Crippen LogP contribution in [0.4, 0.5) is 0 Å². The SMILES string of the molecule is COC(=O)C[C@@H]1c2cc(OC)c(OC)cc2CCN1C(=O)c1ccc(OC)cc1. The second-order valence-corrected chi connectivity index (χ2v) is 6.68. The van der Waals surface area contributed by atoms with Crippen LogP contribution < -0.4 is 14.2 Å².